The molecule has 1 heterocycles. The summed E-state index contributed by atoms with van der Waals surface area (Å²) in [6.45, 7) is 3.12. The van der Waals surface area contributed by atoms with E-state index in [2.05, 4.69) is 12.2 Å². The number of carbonyl (C=O) groups excluding carboxylic acids is 1. The number of ether oxygens (including phenoxy) is 2. The number of amides is 1. The van der Waals surface area contributed by atoms with Crippen LogP contribution >= 0.6 is 0 Å². The molecule has 0 aromatic carbocycles. The van der Waals surface area contributed by atoms with Crippen molar-refractivity contribution < 1.29 is 44.9 Å². The van der Waals surface area contributed by atoms with Gasteiger partial charge in [-0.3, -0.25) is 4.79 Å². The Morgan fingerprint density at radius 2 is 1.57 bits per heavy atom. The lowest BCUT2D eigenvalue weighted by atomic mass is 9.99. The number of unbranched alkanes of at least 4 members (excludes halogenated alkanes) is 7. The van der Waals surface area contributed by atoms with Crippen molar-refractivity contribution in [1.29, 1.82) is 0 Å². The number of aliphatic hydroxyl groups is 6. The van der Waals surface area contributed by atoms with Crippen molar-refractivity contribution in [2.45, 2.75) is 140 Å². The van der Waals surface area contributed by atoms with Crippen LogP contribution in [0, 0.1) is 11.8 Å². The van der Waals surface area contributed by atoms with Gasteiger partial charge in [-0.15, -0.1) is 0 Å². The van der Waals surface area contributed by atoms with Crippen molar-refractivity contribution in [2.24, 2.45) is 11.8 Å². The molecule has 218 valence electrons. The zero-order valence-electron chi connectivity index (χ0n) is 22.6. The molecule has 2 rings (SSSR count). The minimum atomic E-state index is -1.60. The minimum Gasteiger partial charge on any atom is -0.394 e. The van der Waals surface area contributed by atoms with Crippen LogP contribution in [-0.2, 0) is 14.3 Å². The lowest BCUT2D eigenvalue weighted by Crippen LogP contribution is -2.60. The van der Waals surface area contributed by atoms with Gasteiger partial charge in [0, 0.05) is 6.42 Å². The molecule has 0 aromatic rings. The summed E-state index contributed by atoms with van der Waals surface area (Å²) in [6, 6.07) is -0.978. The third-order valence-corrected chi connectivity index (χ3v) is 7.86. The van der Waals surface area contributed by atoms with Crippen LogP contribution in [0.15, 0.2) is 0 Å². The van der Waals surface area contributed by atoms with Gasteiger partial charge in [0.05, 0.1) is 25.4 Å². The summed E-state index contributed by atoms with van der Waals surface area (Å²) in [7, 11) is 0. The molecule has 1 saturated heterocycles. The highest BCUT2D eigenvalue weighted by Gasteiger charge is 2.44. The zero-order chi connectivity index (χ0) is 27.4. The van der Waals surface area contributed by atoms with E-state index in [0.29, 0.717) is 0 Å². The molecule has 2 fully saturated rings. The van der Waals surface area contributed by atoms with E-state index in [0.717, 1.165) is 31.1 Å². The Labute approximate surface area is 221 Å². The van der Waals surface area contributed by atoms with Gasteiger partial charge in [0.1, 0.15) is 30.5 Å². The molecule has 1 aliphatic carbocycles. The Kier molecular flexibility index (Phi) is 14.8. The van der Waals surface area contributed by atoms with Gasteiger partial charge < -0.3 is 45.4 Å². The molecule has 2 aliphatic rings. The molecule has 0 radical (unpaired) electrons. The van der Waals surface area contributed by atoms with Crippen molar-refractivity contribution in [3.05, 3.63) is 0 Å². The predicted molar refractivity (Wildman–Crippen MR) is 137 cm³/mol. The van der Waals surface area contributed by atoms with Gasteiger partial charge in [-0.25, -0.2) is 0 Å². The molecule has 37 heavy (non-hydrogen) atoms. The number of hydrogen-bond acceptors (Lipinski definition) is 9. The molecule has 10 heteroatoms. The van der Waals surface area contributed by atoms with Crippen molar-refractivity contribution in [2.75, 3.05) is 13.2 Å². The highest BCUT2D eigenvalue weighted by atomic mass is 16.7. The summed E-state index contributed by atoms with van der Waals surface area (Å²) in [5.41, 5.74) is 0. The molecule has 1 saturated carbocycles. The second-order valence-corrected chi connectivity index (χ2v) is 11.0. The molecule has 0 aromatic heterocycles. The fourth-order valence-electron chi connectivity index (χ4n) is 4.97. The van der Waals surface area contributed by atoms with Gasteiger partial charge in [-0.05, 0) is 31.1 Å². The van der Waals surface area contributed by atoms with E-state index in [1.165, 1.54) is 44.9 Å². The Balaban J connectivity index is 1.67. The fourth-order valence-corrected chi connectivity index (χ4v) is 4.97. The van der Waals surface area contributed by atoms with Gasteiger partial charge in [-0.2, -0.15) is 0 Å². The summed E-state index contributed by atoms with van der Waals surface area (Å²) in [5.74, 6) is 1.65. The van der Waals surface area contributed by atoms with Crippen LogP contribution in [0.25, 0.3) is 0 Å². The minimum absolute atomic E-state index is 0.257. The van der Waals surface area contributed by atoms with E-state index >= 15 is 0 Å². The predicted octanol–water partition coefficient (Wildman–Crippen LogP) is 0.977. The molecule has 0 bridgehead atoms. The second-order valence-electron chi connectivity index (χ2n) is 11.0. The number of hydrogen-bond donors (Lipinski definition) is 7. The number of nitrogens with one attached hydrogen (secondary N) is 1. The first-order chi connectivity index (χ1) is 17.7. The molecule has 10 nitrogen and oxygen atoms in total. The maximum atomic E-state index is 12.5. The van der Waals surface area contributed by atoms with Crippen LogP contribution in [0.3, 0.4) is 0 Å². The summed E-state index contributed by atoms with van der Waals surface area (Å²) in [5, 5.41) is 62.6. The summed E-state index contributed by atoms with van der Waals surface area (Å²) < 4.78 is 10.8. The van der Waals surface area contributed by atoms with Gasteiger partial charge in [-0.1, -0.05) is 65.2 Å². The van der Waals surface area contributed by atoms with Crippen LogP contribution in [0.5, 0.6) is 0 Å². The van der Waals surface area contributed by atoms with E-state index in [1.807, 2.05) is 0 Å². The normalized spacial score (nSPS) is 32.1. The van der Waals surface area contributed by atoms with Gasteiger partial charge in [0.25, 0.3) is 0 Å². The third-order valence-electron chi connectivity index (χ3n) is 7.86. The van der Waals surface area contributed by atoms with E-state index < -0.39 is 55.6 Å². The molecule has 1 amide bonds. The van der Waals surface area contributed by atoms with Crippen LogP contribution in [0.4, 0.5) is 0 Å². The summed E-state index contributed by atoms with van der Waals surface area (Å²) in [6.07, 6.45) is 2.75. The third kappa shape index (κ3) is 11.0. The topological polar surface area (TPSA) is 169 Å². The van der Waals surface area contributed by atoms with Crippen LogP contribution in [0.1, 0.15) is 90.9 Å². The maximum Gasteiger partial charge on any atom is 0.220 e. The Morgan fingerprint density at radius 3 is 2.14 bits per heavy atom. The van der Waals surface area contributed by atoms with Crippen molar-refractivity contribution in [1.82, 2.24) is 5.32 Å². The standard InChI is InChI=1S/C27H51NO9/c1-3-20(30)23(32)19(16-36-27-26(35)25(34)24(33)21(15-29)37-27)28-22(31)13-11-9-7-5-4-6-8-10-12-18-14-17(18)2/h17-21,23-27,29-30,32-35H,3-16H2,1-2H3,(H,28,31)/t17?,18?,19-,20+,21?,23-,24?,25?,26?,27?/m0/s1. The van der Waals surface area contributed by atoms with Crippen LogP contribution < -0.4 is 5.32 Å². The molecular formula is C27H51NO9. The average molecular weight is 534 g/mol. The second kappa shape index (κ2) is 17.0. The lowest BCUT2D eigenvalue weighted by Gasteiger charge is -2.40. The highest BCUT2D eigenvalue weighted by Crippen LogP contribution is 2.41. The molecule has 0 spiro atoms. The largest absolute Gasteiger partial charge is 0.394 e. The Hall–Kier alpha value is -0.850. The van der Waals surface area contributed by atoms with E-state index in [4.69, 9.17) is 9.47 Å². The molecule has 7 unspecified atom stereocenters. The number of aliphatic hydroxyl groups excluding tert-OH is 6. The maximum absolute atomic E-state index is 12.5. The fraction of sp³-hybridized carbons (Fsp3) is 0.963. The first-order valence-electron chi connectivity index (χ1n) is 14.3. The summed E-state index contributed by atoms with van der Waals surface area (Å²) >= 11 is 0. The van der Waals surface area contributed by atoms with Crippen LogP contribution in [-0.4, -0.2) is 98.7 Å². The smallest absolute Gasteiger partial charge is 0.220 e. The zero-order valence-corrected chi connectivity index (χ0v) is 22.6. The Bertz CT molecular complexity index is 637. The SMILES string of the molecule is CC[C@@H](O)[C@@H](O)[C@H](COC1OC(CO)C(O)C(O)C1O)NC(=O)CCCCCCCCCCC1CC1C. The lowest BCUT2D eigenvalue weighted by molar-refractivity contribution is -0.303. The Morgan fingerprint density at radius 1 is 0.973 bits per heavy atom. The number of carbonyl (C=O) groups is 1. The van der Waals surface area contributed by atoms with Gasteiger partial charge in [0.2, 0.25) is 5.91 Å². The number of rotatable bonds is 19. The quantitative estimate of drug-likeness (QED) is 0.120. The van der Waals surface area contributed by atoms with Crippen LogP contribution in [0.2, 0.25) is 0 Å². The summed E-state index contributed by atoms with van der Waals surface area (Å²) in [4.78, 5) is 12.5. The molecular weight excluding hydrogens is 482 g/mol. The average Bonchev–Trinajstić information content (AvgIpc) is 3.60. The van der Waals surface area contributed by atoms with E-state index in [9.17, 15) is 35.4 Å². The van der Waals surface area contributed by atoms with Crippen molar-refractivity contribution >= 4 is 5.91 Å². The van der Waals surface area contributed by atoms with Gasteiger partial charge >= 0.3 is 0 Å². The highest BCUT2D eigenvalue weighted by molar-refractivity contribution is 5.76. The van der Waals surface area contributed by atoms with Gasteiger partial charge in [0.15, 0.2) is 6.29 Å². The first-order valence-corrected chi connectivity index (χ1v) is 14.3. The van der Waals surface area contributed by atoms with E-state index in [1.54, 1.807) is 6.92 Å². The van der Waals surface area contributed by atoms with Crippen molar-refractivity contribution in [3.63, 3.8) is 0 Å². The van der Waals surface area contributed by atoms with E-state index in [-0.39, 0.29) is 25.4 Å². The molecule has 10 atom stereocenters. The monoisotopic (exact) mass is 533 g/mol. The first kappa shape index (κ1) is 32.4. The molecule has 7 N–H and O–H groups in total. The van der Waals surface area contributed by atoms with Crippen molar-refractivity contribution in [3.8, 4) is 0 Å². The molecule has 1 aliphatic heterocycles.